The highest BCUT2D eigenvalue weighted by molar-refractivity contribution is 5.92. The van der Waals surface area contributed by atoms with E-state index in [9.17, 15) is 4.79 Å². The van der Waals surface area contributed by atoms with Crippen LogP contribution in [0.25, 0.3) is 0 Å². The lowest BCUT2D eigenvalue weighted by Gasteiger charge is -2.23. The second-order valence-electron chi connectivity index (χ2n) is 4.76. The van der Waals surface area contributed by atoms with E-state index in [1.165, 1.54) is 12.8 Å². The largest absolute Gasteiger partial charge is 0.357 e. The molecule has 16 heavy (non-hydrogen) atoms. The predicted molar refractivity (Wildman–Crippen MR) is 61.3 cm³/mol. The van der Waals surface area contributed by atoms with E-state index in [4.69, 9.17) is 0 Å². The maximum absolute atomic E-state index is 12.2. The van der Waals surface area contributed by atoms with E-state index >= 15 is 0 Å². The second kappa shape index (κ2) is 3.94. The molecular weight excluding hydrogens is 202 g/mol. The first kappa shape index (κ1) is 9.90. The summed E-state index contributed by atoms with van der Waals surface area (Å²) in [6.07, 6.45) is 5.37. The molecule has 3 rings (SSSR count). The molecule has 3 heterocycles. The maximum Gasteiger partial charge on any atom is 0.270 e. The van der Waals surface area contributed by atoms with Crippen molar-refractivity contribution in [2.75, 3.05) is 13.1 Å². The molecule has 1 aromatic rings. The summed E-state index contributed by atoms with van der Waals surface area (Å²) in [5.74, 6) is 0.138. The van der Waals surface area contributed by atoms with Crippen molar-refractivity contribution in [3.8, 4) is 0 Å². The maximum atomic E-state index is 12.2. The Morgan fingerprint density at radius 3 is 3.00 bits per heavy atom. The van der Waals surface area contributed by atoms with Crippen molar-refractivity contribution >= 4 is 5.91 Å². The third-order valence-electron chi connectivity index (χ3n) is 3.64. The molecule has 0 unspecified atom stereocenters. The van der Waals surface area contributed by atoms with Crippen LogP contribution in [0.1, 0.15) is 29.8 Å². The minimum absolute atomic E-state index is 0.138. The molecule has 2 aliphatic rings. The van der Waals surface area contributed by atoms with Gasteiger partial charge in [-0.25, -0.2) is 0 Å². The quantitative estimate of drug-likeness (QED) is 0.739. The van der Waals surface area contributed by atoms with E-state index in [1.807, 2.05) is 17.0 Å². The zero-order valence-electron chi connectivity index (χ0n) is 9.28. The highest BCUT2D eigenvalue weighted by Gasteiger charge is 2.31. The van der Waals surface area contributed by atoms with Crippen molar-refractivity contribution < 1.29 is 4.79 Å². The van der Waals surface area contributed by atoms with E-state index in [2.05, 4.69) is 10.3 Å². The SMILES string of the molecule is O=C(c1ccc[nH]1)N1CC[C@H]2CC[C@@H](C1)N2. The number of hydrogen-bond acceptors (Lipinski definition) is 2. The minimum atomic E-state index is 0.138. The summed E-state index contributed by atoms with van der Waals surface area (Å²) in [6.45, 7) is 1.74. The van der Waals surface area contributed by atoms with Crippen LogP contribution in [0.2, 0.25) is 0 Å². The summed E-state index contributed by atoms with van der Waals surface area (Å²) in [6, 6.07) is 4.85. The fraction of sp³-hybridized carbons (Fsp3) is 0.583. The molecule has 0 aliphatic carbocycles. The van der Waals surface area contributed by atoms with E-state index in [0.717, 1.165) is 19.5 Å². The van der Waals surface area contributed by atoms with Crippen LogP contribution < -0.4 is 5.32 Å². The Morgan fingerprint density at radius 2 is 2.19 bits per heavy atom. The van der Waals surface area contributed by atoms with Crippen LogP contribution in [0.5, 0.6) is 0 Å². The Hall–Kier alpha value is -1.29. The lowest BCUT2D eigenvalue weighted by molar-refractivity contribution is 0.0743. The molecule has 1 amide bonds. The zero-order valence-corrected chi connectivity index (χ0v) is 9.28. The molecule has 2 saturated heterocycles. The van der Waals surface area contributed by atoms with Crippen LogP contribution in [0.4, 0.5) is 0 Å². The first-order chi connectivity index (χ1) is 7.83. The van der Waals surface area contributed by atoms with Gasteiger partial charge in [0, 0.05) is 31.4 Å². The van der Waals surface area contributed by atoms with Gasteiger partial charge in [-0.3, -0.25) is 4.79 Å². The van der Waals surface area contributed by atoms with Gasteiger partial charge in [0.15, 0.2) is 0 Å². The Kier molecular flexibility index (Phi) is 2.44. The number of fused-ring (bicyclic) bond motifs is 2. The molecule has 0 radical (unpaired) electrons. The molecule has 1 aromatic heterocycles. The molecule has 0 aromatic carbocycles. The van der Waals surface area contributed by atoms with Crippen LogP contribution in [0.3, 0.4) is 0 Å². The van der Waals surface area contributed by atoms with Crippen LogP contribution in [0.15, 0.2) is 18.3 Å². The summed E-state index contributed by atoms with van der Waals surface area (Å²) in [7, 11) is 0. The van der Waals surface area contributed by atoms with Crippen molar-refractivity contribution in [1.29, 1.82) is 0 Å². The Balaban J connectivity index is 1.73. The molecule has 4 nitrogen and oxygen atoms in total. The summed E-state index contributed by atoms with van der Waals surface area (Å²) in [4.78, 5) is 17.1. The summed E-state index contributed by atoms with van der Waals surface area (Å²) in [5, 5.41) is 3.58. The van der Waals surface area contributed by atoms with Gasteiger partial charge in [-0.1, -0.05) is 0 Å². The van der Waals surface area contributed by atoms with Gasteiger partial charge in [-0.05, 0) is 31.4 Å². The van der Waals surface area contributed by atoms with Gasteiger partial charge in [-0.15, -0.1) is 0 Å². The topological polar surface area (TPSA) is 48.1 Å². The van der Waals surface area contributed by atoms with Crippen LogP contribution >= 0.6 is 0 Å². The number of H-pyrrole nitrogens is 1. The number of amides is 1. The Morgan fingerprint density at radius 1 is 1.31 bits per heavy atom. The first-order valence-electron chi connectivity index (χ1n) is 6.01. The van der Waals surface area contributed by atoms with Crippen molar-refractivity contribution in [2.45, 2.75) is 31.3 Å². The molecular formula is C12H17N3O. The average Bonchev–Trinajstić information content (AvgIpc) is 2.87. The fourth-order valence-electron chi connectivity index (χ4n) is 2.76. The number of rotatable bonds is 1. The fourth-order valence-corrected chi connectivity index (χ4v) is 2.76. The standard InChI is InChI=1S/C12H17N3O/c16-12(11-2-1-6-13-11)15-7-5-9-3-4-10(8-15)14-9/h1-2,6,9-10,13-14H,3-5,7-8H2/t9-,10+/m1/s1. The lowest BCUT2D eigenvalue weighted by Crippen LogP contribution is -2.39. The van der Waals surface area contributed by atoms with E-state index in [1.54, 1.807) is 6.20 Å². The van der Waals surface area contributed by atoms with Gasteiger partial charge < -0.3 is 15.2 Å². The van der Waals surface area contributed by atoms with E-state index in [0.29, 0.717) is 17.8 Å². The summed E-state index contributed by atoms with van der Waals surface area (Å²) in [5.41, 5.74) is 0.706. The van der Waals surface area contributed by atoms with Crippen molar-refractivity contribution in [1.82, 2.24) is 15.2 Å². The summed E-state index contributed by atoms with van der Waals surface area (Å²) >= 11 is 0. The Bertz CT molecular complexity index is 374. The van der Waals surface area contributed by atoms with Gasteiger partial charge in [0.1, 0.15) is 5.69 Å². The van der Waals surface area contributed by atoms with Crippen LogP contribution in [-0.2, 0) is 0 Å². The lowest BCUT2D eigenvalue weighted by atomic mass is 10.1. The smallest absolute Gasteiger partial charge is 0.270 e. The number of nitrogens with zero attached hydrogens (tertiary/aromatic N) is 1. The number of hydrogen-bond donors (Lipinski definition) is 2. The highest BCUT2D eigenvalue weighted by atomic mass is 16.2. The highest BCUT2D eigenvalue weighted by Crippen LogP contribution is 2.21. The molecule has 2 N–H and O–H groups in total. The molecule has 2 atom stereocenters. The number of likely N-dealkylation sites (tertiary alicyclic amines) is 1. The molecule has 2 fully saturated rings. The minimum Gasteiger partial charge on any atom is -0.357 e. The van der Waals surface area contributed by atoms with E-state index in [-0.39, 0.29) is 5.91 Å². The molecule has 86 valence electrons. The molecule has 2 aliphatic heterocycles. The van der Waals surface area contributed by atoms with Gasteiger partial charge in [0.2, 0.25) is 0 Å². The molecule has 0 spiro atoms. The number of aromatic amines is 1. The normalized spacial score (nSPS) is 29.1. The number of nitrogens with one attached hydrogen (secondary N) is 2. The first-order valence-corrected chi connectivity index (χ1v) is 6.01. The van der Waals surface area contributed by atoms with Gasteiger partial charge in [-0.2, -0.15) is 0 Å². The van der Waals surface area contributed by atoms with E-state index < -0.39 is 0 Å². The van der Waals surface area contributed by atoms with Crippen molar-refractivity contribution in [2.24, 2.45) is 0 Å². The molecule has 4 heteroatoms. The van der Waals surface area contributed by atoms with Crippen LogP contribution in [0, 0.1) is 0 Å². The van der Waals surface area contributed by atoms with Crippen molar-refractivity contribution in [3.05, 3.63) is 24.0 Å². The number of aromatic nitrogens is 1. The third kappa shape index (κ3) is 1.73. The van der Waals surface area contributed by atoms with Gasteiger partial charge in [0.25, 0.3) is 5.91 Å². The molecule has 0 saturated carbocycles. The number of carbonyl (C=O) groups is 1. The Labute approximate surface area is 95.0 Å². The average molecular weight is 219 g/mol. The predicted octanol–water partition coefficient (Wildman–Crippen LogP) is 0.981. The molecule has 2 bridgehead atoms. The second-order valence-corrected chi connectivity index (χ2v) is 4.76. The number of carbonyl (C=O) groups excluding carboxylic acids is 1. The zero-order chi connectivity index (χ0) is 11.0. The monoisotopic (exact) mass is 219 g/mol. The summed E-state index contributed by atoms with van der Waals surface area (Å²) < 4.78 is 0. The van der Waals surface area contributed by atoms with Gasteiger partial charge in [0.05, 0.1) is 0 Å². The van der Waals surface area contributed by atoms with Gasteiger partial charge >= 0.3 is 0 Å². The van der Waals surface area contributed by atoms with Crippen molar-refractivity contribution in [3.63, 3.8) is 0 Å². The third-order valence-corrected chi connectivity index (χ3v) is 3.64. The van der Waals surface area contributed by atoms with Crippen LogP contribution in [-0.4, -0.2) is 41.0 Å².